The van der Waals surface area contributed by atoms with E-state index in [-0.39, 0.29) is 26.2 Å². The summed E-state index contributed by atoms with van der Waals surface area (Å²) < 4.78 is 54.1. The van der Waals surface area contributed by atoms with Crippen LogP contribution in [0.3, 0.4) is 0 Å². The number of hydrogen-bond acceptors (Lipinski definition) is 6. The van der Waals surface area contributed by atoms with E-state index in [2.05, 4.69) is 5.10 Å². The van der Waals surface area contributed by atoms with E-state index in [1.165, 1.54) is 8.99 Å². The summed E-state index contributed by atoms with van der Waals surface area (Å²) >= 11 is 0. The van der Waals surface area contributed by atoms with Gasteiger partial charge in [0.2, 0.25) is 5.03 Å². The van der Waals surface area contributed by atoms with E-state index in [0.717, 1.165) is 6.20 Å². The molecule has 1 N–H and O–H groups in total. The molecule has 0 fully saturated rings. The highest BCUT2D eigenvalue weighted by Gasteiger charge is 2.31. The van der Waals surface area contributed by atoms with E-state index >= 15 is 0 Å². The van der Waals surface area contributed by atoms with Gasteiger partial charge in [0.05, 0.1) is 20.4 Å². The van der Waals surface area contributed by atoms with Crippen molar-refractivity contribution in [1.82, 2.24) is 14.1 Å². The van der Waals surface area contributed by atoms with Crippen molar-refractivity contribution in [3.8, 4) is 11.5 Å². The van der Waals surface area contributed by atoms with Crippen LogP contribution in [0.15, 0.2) is 59.8 Å². The van der Waals surface area contributed by atoms with E-state index in [1.807, 2.05) is 0 Å². The largest absolute Gasteiger partial charge is 0.497 e. The number of rotatable bonds is 11. The fourth-order valence-corrected chi connectivity index (χ4v) is 4.51. The molecule has 0 radical (unpaired) electrons. The molecule has 1 aromatic heterocycles. The van der Waals surface area contributed by atoms with Gasteiger partial charge in [-0.2, -0.15) is 9.40 Å². The number of benzene rings is 2. The van der Waals surface area contributed by atoms with Gasteiger partial charge in [0.25, 0.3) is 10.0 Å². The molecule has 2 aromatic carbocycles. The predicted molar refractivity (Wildman–Crippen MR) is 116 cm³/mol. The first-order valence-corrected chi connectivity index (χ1v) is 11.4. The van der Waals surface area contributed by atoms with Crippen LogP contribution in [0.2, 0.25) is 0 Å². The molecule has 1 heterocycles. The number of aromatic nitrogens is 2. The number of sulfonamides is 1. The lowest BCUT2D eigenvalue weighted by Crippen LogP contribution is -2.31. The van der Waals surface area contributed by atoms with Crippen LogP contribution >= 0.6 is 0 Å². The summed E-state index contributed by atoms with van der Waals surface area (Å²) in [5.74, 6) is 0.358. The third-order valence-electron chi connectivity index (χ3n) is 4.85. The standard InChI is InChI=1S/C22H26FN3O5S/c1-30-19-8-4-17(5-9-19)14-26(15-18-6-10-20(31-2)11-7-18)32(28,29)22-21(23)16-25(24-22)12-3-13-27/h4-11,16,27H,3,12-15H2,1-2H3. The van der Waals surface area contributed by atoms with Gasteiger partial charge in [0, 0.05) is 26.2 Å². The predicted octanol–water partition coefficient (Wildman–Crippen LogP) is 2.81. The van der Waals surface area contributed by atoms with Crippen molar-refractivity contribution < 1.29 is 27.4 Å². The zero-order valence-electron chi connectivity index (χ0n) is 17.9. The fourth-order valence-electron chi connectivity index (χ4n) is 3.12. The number of nitrogens with zero attached hydrogens (tertiary/aromatic N) is 3. The minimum atomic E-state index is -4.26. The van der Waals surface area contributed by atoms with Crippen LogP contribution in [-0.4, -0.2) is 48.4 Å². The molecule has 0 bridgehead atoms. The zero-order chi connectivity index (χ0) is 23.1. The summed E-state index contributed by atoms with van der Waals surface area (Å²) in [5.41, 5.74) is 1.42. The molecule has 0 amide bonds. The van der Waals surface area contributed by atoms with Crippen molar-refractivity contribution >= 4 is 10.0 Å². The van der Waals surface area contributed by atoms with Gasteiger partial charge < -0.3 is 14.6 Å². The lowest BCUT2D eigenvalue weighted by atomic mass is 10.2. The molecular weight excluding hydrogens is 437 g/mol. The van der Waals surface area contributed by atoms with Crippen molar-refractivity contribution in [3.05, 3.63) is 71.7 Å². The first-order valence-electron chi connectivity index (χ1n) is 9.97. The third kappa shape index (κ3) is 5.64. The molecule has 172 valence electrons. The lowest BCUT2D eigenvalue weighted by Gasteiger charge is -2.21. The summed E-state index contributed by atoms with van der Waals surface area (Å²) in [6.07, 6.45) is 1.36. The second-order valence-corrected chi connectivity index (χ2v) is 8.94. The fraction of sp³-hybridized carbons (Fsp3) is 0.318. The molecule has 0 aliphatic carbocycles. The highest BCUT2D eigenvalue weighted by atomic mass is 32.2. The van der Waals surface area contributed by atoms with Gasteiger partial charge in [-0.15, -0.1) is 0 Å². The quantitative estimate of drug-likeness (QED) is 0.470. The highest BCUT2D eigenvalue weighted by Crippen LogP contribution is 2.24. The Morgan fingerprint density at radius 3 is 1.91 bits per heavy atom. The maximum atomic E-state index is 14.6. The Bertz CT molecular complexity index is 1070. The minimum Gasteiger partial charge on any atom is -0.497 e. The molecule has 0 saturated carbocycles. The van der Waals surface area contributed by atoms with Crippen LogP contribution in [0, 0.1) is 5.82 Å². The molecule has 3 aromatic rings. The van der Waals surface area contributed by atoms with E-state index < -0.39 is 20.9 Å². The molecule has 0 saturated heterocycles. The molecule has 0 aliphatic rings. The van der Waals surface area contributed by atoms with Crippen molar-refractivity contribution in [3.63, 3.8) is 0 Å². The van der Waals surface area contributed by atoms with Gasteiger partial charge in [0.1, 0.15) is 11.5 Å². The Morgan fingerprint density at radius 1 is 0.969 bits per heavy atom. The number of aliphatic hydroxyl groups excluding tert-OH is 1. The minimum absolute atomic E-state index is 0.0152. The Hall–Kier alpha value is -2.95. The van der Waals surface area contributed by atoms with E-state index in [1.54, 1.807) is 62.8 Å². The Kier molecular flexibility index (Phi) is 7.84. The smallest absolute Gasteiger partial charge is 0.265 e. The Morgan fingerprint density at radius 2 is 1.47 bits per heavy atom. The molecule has 0 unspecified atom stereocenters. The van der Waals surface area contributed by atoms with Crippen molar-refractivity contribution in [2.24, 2.45) is 0 Å². The second-order valence-electron chi connectivity index (χ2n) is 7.09. The number of hydrogen-bond donors (Lipinski definition) is 1. The van der Waals surface area contributed by atoms with Gasteiger partial charge in [-0.1, -0.05) is 24.3 Å². The number of aliphatic hydroxyl groups is 1. The number of methoxy groups -OCH3 is 2. The zero-order valence-corrected chi connectivity index (χ0v) is 18.8. The molecule has 0 spiro atoms. The maximum Gasteiger partial charge on any atom is 0.265 e. The van der Waals surface area contributed by atoms with Crippen LogP contribution in [-0.2, 0) is 29.7 Å². The van der Waals surface area contributed by atoms with Crippen LogP contribution in [0.5, 0.6) is 11.5 Å². The monoisotopic (exact) mass is 463 g/mol. The summed E-state index contributed by atoms with van der Waals surface area (Å²) in [4.78, 5) is 0. The van der Waals surface area contributed by atoms with Gasteiger partial charge in [-0.3, -0.25) is 4.68 Å². The van der Waals surface area contributed by atoms with Crippen LogP contribution in [0.4, 0.5) is 4.39 Å². The van der Waals surface area contributed by atoms with Gasteiger partial charge in [-0.25, -0.2) is 12.8 Å². The molecule has 8 nitrogen and oxygen atoms in total. The SMILES string of the molecule is COc1ccc(CN(Cc2ccc(OC)cc2)S(=O)(=O)c2nn(CCCO)cc2F)cc1. The highest BCUT2D eigenvalue weighted by molar-refractivity contribution is 7.89. The Labute approximate surface area is 186 Å². The summed E-state index contributed by atoms with van der Waals surface area (Å²) in [7, 11) is -1.17. The van der Waals surface area contributed by atoms with E-state index in [4.69, 9.17) is 14.6 Å². The van der Waals surface area contributed by atoms with Crippen molar-refractivity contribution in [2.45, 2.75) is 31.1 Å². The molecule has 0 aliphatic heterocycles. The van der Waals surface area contributed by atoms with Gasteiger partial charge in [0.15, 0.2) is 5.82 Å². The van der Waals surface area contributed by atoms with Gasteiger partial charge in [-0.05, 0) is 41.8 Å². The summed E-state index contributed by atoms with van der Waals surface area (Å²) in [5, 5.41) is 12.3. The molecule has 32 heavy (non-hydrogen) atoms. The van der Waals surface area contributed by atoms with Crippen LogP contribution in [0.1, 0.15) is 17.5 Å². The maximum absolute atomic E-state index is 14.6. The normalized spacial score (nSPS) is 11.7. The van der Waals surface area contributed by atoms with E-state index in [9.17, 15) is 12.8 Å². The second kappa shape index (κ2) is 10.6. The molecular formula is C22H26FN3O5S. The van der Waals surface area contributed by atoms with Gasteiger partial charge >= 0.3 is 0 Å². The number of halogens is 1. The average Bonchev–Trinajstić information content (AvgIpc) is 3.19. The number of aryl methyl sites for hydroxylation is 1. The first kappa shape index (κ1) is 23.7. The summed E-state index contributed by atoms with van der Waals surface area (Å²) in [6, 6.07) is 14.0. The molecule has 3 rings (SSSR count). The molecule has 10 heteroatoms. The third-order valence-corrected chi connectivity index (χ3v) is 6.55. The topological polar surface area (TPSA) is 93.9 Å². The first-order chi connectivity index (χ1) is 15.4. The van der Waals surface area contributed by atoms with Crippen molar-refractivity contribution in [1.29, 1.82) is 0 Å². The van der Waals surface area contributed by atoms with Crippen LogP contribution in [0.25, 0.3) is 0 Å². The molecule has 0 atom stereocenters. The number of ether oxygens (including phenoxy) is 2. The van der Waals surface area contributed by atoms with E-state index in [0.29, 0.717) is 29.0 Å². The summed E-state index contributed by atoms with van der Waals surface area (Å²) in [6.45, 7) is 0.132. The average molecular weight is 464 g/mol. The van der Waals surface area contributed by atoms with Crippen molar-refractivity contribution in [2.75, 3.05) is 20.8 Å². The Balaban J connectivity index is 1.94. The van der Waals surface area contributed by atoms with Crippen LogP contribution < -0.4 is 9.47 Å². The lowest BCUT2D eigenvalue weighted by molar-refractivity contribution is 0.276.